The van der Waals surface area contributed by atoms with Crippen molar-refractivity contribution < 1.29 is 9.59 Å². The molecule has 1 atom stereocenters. The molecular weight excluding hydrogens is 420 g/mol. The summed E-state index contributed by atoms with van der Waals surface area (Å²) in [7, 11) is 0. The molecule has 0 radical (unpaired) electrons. The highest BCUT2D eigenvalue weighted by atomic mass is 35.5. The van der Waals surface area contributed by atoms with Crippen LogP contribution in [0.15, 0.2) is 48.5 Å². The molecular formula is C27H37ClN2O2. The Morgan fingerprint density at radius 2 is 1.66 bits per heavy atom. The lowest BCUT2D eigenvalue weighted by Gasteiger charge is -2.33. The van der Waals surface area contributed by atoms with Gasteiger partial charge in [-0.25, -0.2) is 0 Å². The number of halogens is 1. The second kappa shape index (κ2) is 11.5. The predicted molar refractivity (Wildman–Crippen MR) is 133 cm³/mol. The third-order valence-corrected chi connectivity index (χ3v) is 5.83. The van der Waals surface area contributed by atoms with E-state index >= 15 is 0 Å². The van der Waals surface area contributed by atoms with Crippen molar-refractivity contribution in [3.63, 3.8) is 0 Å². The number of carbonyl (C=O) groups excluding carboxylic acids is 2. The van der Waals surface area contributed by atoms with Gasteiger partial charge in [-0.2, -0.15) is 0 Å². The number of nitrogens with zero attached hydrogens (tertiary/aromatic N) is 1. The molecule has 0 fully saturated rings. The van der Waals surface area contributed by atoms with Gasteiger partial charge in [0.15, 0.2) is 0 Å². The Balaban J connectivity index is 2.22. The minimum atomic E-state index is -0.554. The average Bonchev–Trinajstić information content (AvgIpc) is 2.72. The van der Waals surface area contributed by atoms with E-state index in [1.54, 1.807) is 4.90 Å². The summed E-state index contributed by atoms with van der Waals surface area (Å²) in [6.45, 7) is 12.4. The van der Waals surface area contributed by atoms with Crippen LogP contribution in [-0.2, 0) is 22.6 Å². The SMILES string of the molecule is CC[C@@H](C(=O)NC(C)(C)C)N(Cc1ccccc1Cl)C(=O)CCc1ccc(C(C)C)cc1. The zero-order valence-electron chi connectivity index (χ0n) is 20.2. The maximum Gasteiger partial charge on any atom is 0.243 e. The van der Waals surface area contributed by atoms with Crippen LogP contribution in [0.3, 0.4) is 0 Å². The zero-order valence-corrected chi connectivity index (χ0v) is 21.0. The van der Waals surface area contributed by atoms with Crippen LogP contribution < -0.4 is 5.32 Å². The first-order valence-corrected chi connectivity index (χ1v) is 11.8. The van der Waals surface area contributed by atoms with E-state index in [9.17, 15) is 9.59 Å². The van der Waals surface area contributed by atoms with Crippen LogP contribution in [-0.4, -0.2) is 28.3 Å². The van der Waals surface area contributed by atoms with Crippen molar-refractivity contribution in [3.05, 3.63) is 70.2 Å². The van der Waals surface area contributed by atoms with E-state index in [0.29, 0.717) is 36.7 Å². The van der Waals surface area contributed by atoms with Gasteiger partial charge < -0.3 is 10.2 Å². The second-order valence-electron chi connectivity index (χ2n) is 9.67. The van der Waals surface area contributed by atoms with Crippen molar-refractivity contribution >= 4 is 23.4 Å². The van der Waals surface area contributed by atoms with Gasteiger partial charge in [0.2, 0.25) is 11.8 Å². The fourth-order valence-electron chi connectivity index (χ4n) is 3.65. The van der Waals surface area contributed by atoms with Gasteiger partial charge in [0.05, 0.1) is 0 Å². The summed E-state index contributed by atoms with van der Waals surface area (Å²) in [5.41, 5.74) is 2.87. The Kier molecular flexibility index (Phi) is 9.33. The number of amides is 2. The van der Waals surface area contributed by atoms with E-state index in [-0.39, 0.29) is 17.4 Å². The van der Waals surface area contributed by atoms with Crippen LogP contribution in [0.2, 0.25) is 5.02 Å². The predicted octanol–water partition coefficient (Wildman–Crippen LogP) is 6.12. The molecule has 5 heteroatoms. The summed E-state index contributed by atoms with van der Waals surface area (Å²) in [4.78, 5) is 28.1. The molecule has 2 aromatic rings. The number of nitrogens with one attached hydrogen (secondary N) is 1. The van der Waals surface area contributed by atoms with Crippen LogP contribution in [0.4, 0.5) is 0 Å². The lowest BCUT2D eigenvalue weighted by molar-refractivity contribution is -0.142. The van der Waals surface area contributed by atoms with E-state index < -0.39 is 6.04 Å². The van der Waals surface area contributed by atoms with E-state index in [0.717, 1.165) is 11.1 Å². The molecule has 0 spiro atoms. The van der Waals surface area contributed by atoms with Crippen LogP contribution >= 0.6 is 11.6 Å². The van der Waals surface area contributed by atoms with Gasteiger partial charge in [-0.05, 0) is 62.3 Å². The number of rotatable bonds is 9. The Morgan fingerprint density at radius 1 is 1.03 bits per heavy atom. The summed E-state index contributed by atoms with van der Waals surface area (Å²) >= 11 is 6.38. The van der Waals surface area contributed by atoms with Crippen LogP contribution in [0.1, 0.15) is 77.0 Å². The van der Waals surface area contributed by atoms with Crippen LogP contribution in [0, 0.1) is 0 Å². The van der Waals surface area contributed by atoms with Crippen molar-refractivity contribution in [2.75, 3.05) is 0 Å². The number of benzene rings is 2. The van der Waals surface area contributed by atoms with Crippen LogP contribution in [0.5, 0.6) is 0 Å². The molecule has 0 heterocycles. The van der Waals surface area contributed by atoms with Gasteiger partial charge >= 0.3 is 0 Å². The van der Waals surface area contributed by atoms with Crippen molar-refractivity contribution in [1.29, 1.82) is 0 Å². The first-order chi connectivity index (χ1) is 15.0. The Hall–Kier alpha value is -2.33. The Labute approximate surface area is 198 Å². The second-order valence-corrected chi connectivity index (χ2v) is 10.1. The third kappa shape index (κ3) is 7.67. The summed E-state index contributed by atoms with van der Waals surface area (Å²) in [6, 6.07) is 15.3. The van der Waals surface area contributed by atoms with Gasteiger partial charge in [-0.15, -0.1) is 0 Å². The van der Waals surface area contributed by atoms with Crippen molar-refractivity contribution in [2.45, 2.75) is 84.8 Å². The third-order valence-electron chi connectivity index (χ3n) is 5.46. The zero-order chi connectivity index (χ0) is 23.9. The molecule has 0 aromatic heterocycles. The first kappa shape index (κ1) is 25.9. The smallest absolute Gasteiger partial charge is 0.243 e. The summed E-state index contributed by atoms with van der Waals surface area (Å²) in [5.74, 6) is 0.291. The number of carbonyl (C=O) groups is 2. The van der Waals surface area contributed by atoms with E-state index in [2.05, 4.69) is 43.4 Å². The summed E-state index contributed by atoms with van der Waals surface area (Å²) < 4.78 is 0. The Bertz CT molecular complexity index is 901. The molecule has 1 N–H and O–H groups in total. The van der Waals surface area contributed by atoms with Crippen LogP contribution in [0.25, 0.3) is 0 Å². The molecule has 174 valence electrons. The highest BCUT2D eigenvalue weighted by molar-refractivity contribution is 6.31. The summed E-state index contributed by atoms with van der Waals surface area (Å²) in [6.07, 6.45) is 1.50. The normalized spacial score (nSPS) is 12.5. The first-order valence-electron chi connectivity index (χ1n) is 11.5. The standard InChI is InChI=1S/C27H37ClN2O2/c1-7-24(26(32)29-27(4,5)6)30(18-22-10-8-9-11-23(22)28)25(31)17-14-20-12-15-21(16-13-20)19(2)3/h8-13,15-16,19,24H,7,14,17-18H2,1-6H3,(H,29,32)/t24-/m0/s1. The highest BCUT2D eigenvalue weighted by Gasteiger charge is 2.30. The van der Waals surface area contributed by atoms with Gasteiger partial charge in [-0.1, -0.05) is 74.8 Å². The van der Waals surface area contributed by atoms with Gasteiger partial charge in [0.1, 0.15) is 6.04 Å². The molecule has 2 amide bonds. The largest absolute Gasteiger partial charge is 0.350 e. The number of aryl methyl sites for hydroxylation is 1. The highest BCUT2D eigenvalue weighted by Crippen LogP contribution is 2.22. The molecule has 2 aromatic carbocycles. The molecule has 32 heavy (non-hydrogen) atoms. The maximum absolute atomic E-state index is 13.4. The van der Waals surface area contributed by atoms with E-state index in [4.69, 9.17) is 11.6 Å². The molecule has 0 saturated heterocycles. The molecule has 0 unspecified atom stereocenters. The van der Waals surface area contributed by atoms with E-state index in [1.807, 2.05) is 52.0 Å². The molecule has 4 nitrogen and oxygen atoms in total. The number of hydrogen-bond donors (Lipinski definition) is 1. The lowest BCUT2D eigenvalue weighted by Crippen LogP contribution is -2.53. The minimum absolute atomic E-state index is 0.0474. The lowest BCUT2D eigenvalue weighted by atomic mass is 10.00. The van der Waals surface area contributed by atoms with Crippen molar-refractivity contribution in [3.8, 4) is 0 Å². The molecule has 0 saturated carbocycles. The molecule has 0 aliphatic heterocycles. The maximum atomic E-state index is 13.4. The average molecular weight is 457 g/mol. The fraction of sp³-hybridized carbons (Fsp3) is 0.481. The molecule has 2 rings (SSSR count). The molecule has 0 bridgehead atoms. The van der Waals surface area contributed by atoms with Gasteiger partial charge in [0.25, 0.3) is 0 Å². The molecule has 0 aliphatic carbocycles. The number of hydrogen-bond acceptors (Lipinski definition) is 2. The monoisotopic (exact) mass is 456 g/mol. The summed E-state index contributed by atoms with van der Waals surface area (Å²) in [5, 5.41) is 3.63. The van der Waals surface area contributed by atoms with Gasteiger partial charge in [0, 0.05) is 23.5 Å². The topological polar surface area (TPSA) is 49.4 Å². The van der Waals surface area contributed by atoms with E-state index in [1.165, 1.54) is 5.56 Å². The molecule has 0 aliphatic rings. The quantitative estimate of drug-likeness (QED) is 0.494. The van der Waals surface area contributed by atoms with Gasteiger partial charge in [-0.3, -0.25) is 9.59 Å². The van der Waals surface area contributed by atoms with Crippen molar-refractivity contribution in [1.82, 2.24) is 10.2 Å². The van der Waals surface area contributed by atoms with Crippen molar-refractivity contribution in [2.24, 2.45) is 0 Å². The fourth-order valence-corrected chi connectivity index (χ4v) is 3.84. The minimum Gasteiger partial charge on any atom is -0.350 e. The Morgan fingerprint density at radius 3 is 2.19 bits per heavy atom.